The van der Waals surface area contributed by atoms with E-state index in [2.05, 4.69) is 4.74 Å². The van der Waals surface area contributed by atoms with Crippen LogP contribution < -0.4 is 0 Å². The standard InChI is InChI=1S/C5H8O2.C4H6O3.C3H6O.BF3/c1-4(6)3-5(2)7;1-3(5)7-4(2)6;1-3(2)4;2-1(3)4/h3H2,1-2H3;1-2H3;1-2H3;. The molecule has 0 spiro atoms. The molecule has 6 nitrogen and oxygen atoms in total. The molecule has 0 aromatic carbocycles. The predicted octanol–water partition coefficient (Wildman–Crippen LogP) is 2.13. The van der Waals surface area contributed by atoms with Gasteiger partial charge in [-0.25, -0.2) is 0 Å². The van der Waals surface area contributed by atoms with E-state index in [4.69, 9.17) is 0 Å². The number of carbonyl (C=O) groups is 5. The fraction of sp³-hybridized carbons (Fsp3) is 0.583. The van der Waals surface area contributed by atoms with Gasteiger partial charge < -0.3 is 9.53 Å². The lowest BCUT2D eigenvalue weighted by Crippen LogP contribution is -2.03. The molecule has 0 rings (SSSR count). The highest BCUT2D eigenvalue weighted by atomic mass is 19.4. The third-order valence-electron chi connectivity index (χ3n) is 0.785. The second kappa shape index (κ2) is 19.0. The molecule has 0 bridgehead atoms. The number of ether oxygens (including phenoxy) is 1. The zero-order valence-corrected chi connectivity index (χ0v) is 13.4. The lowest BCUT2D eigenvalue weighted by atomic mass is 10.2. The molecule has 0 saturated heterocycles. The van der Waals surface area contributed by atoms with Gasteiger partial charge in [0.1, 0.15) is 17.3 Å². The molecule has 0 radical (unpaired) electrons. The summed E-state index contributed by atoms with van der Waals surface area (Å²) in [5, 5.41) is 0. The van der Waals surface area contributed by atoms with Gasteiger partial charge >= 0.3 is 19.5 Å². The van der Waals surface area contributed by atoms with E-state index in [0.29, 0.717) is 0 Å². The summed E-state index contributed by atoms with van der Waals surface area (Å²) in [6.45, 7) is 8.23. The van der Waals surface area contributed by atoms with Crippen LogP contribution in [-0.4, -0.2) is 36.8 Å². The number of hydrogen-bond acceptors (Lipinski definition) is 6. The van der Waals surface area contributed by atoms with Gasteiger partial charge in [0.2, 0.25) is 0 Å². The fourth-order valence-electron chi connectivity index (χ4n) is 0.553. The molecule has 10 heteroatoms. The smallest absolute Gasteiger partial charge is 0.394 e. The van der Waals surface area contributed by atoms with Crippen molar-refractivity contribution in [2.75, 3.05) is 0 Å². The Morgan fingerprint density at radius 3 is 0.909 bits per heavy atom. The Morgan fingerprint density at radius 2 is 0.909 bits per heavy atom. The minimum Gasteiger partial charge on any atom is -0.394 e. The normalized spacial score (nSPS) is 7.50. The molecular formula is C12H20BF3O6. The van der Waals surface area contributed by atoms with Crippen LogP contribution in [0.15, 0.2) is 0 Å². The highest BCUT2D eigenvalue weighted by molar-refractivity contribution is 6.33. The largest absolute Gasteiger partial charge is 0.762 e. The molecule has 0 aliphatic carbocycles. The Hall–Kier alpha value is -2.00. The van der Waals surface area contributed by atoms with Crippen LogP contribution in [0.5, 0.6) is 0 Å². The van der Waals surface area contributed by atoms with Crippen LogP contribution in [0, 0.1) is 0 Å². The number of esters is 2. The van der Waals surface area contributed by atoms with Crippen LogP contribution >= 0.6 is 0 Å². The SMILES string of the molecule is CC(=O)CC(C)=O.CC(=O)OC(C)=O.CC(C)=O.FB(F)F. The number of halogens is 3. The van der Waals surface area contributed by atoms with Gasteiger partial charge in [-0.05, 0) is 27.7 Å². The first-order valence-corrected chi connectivity index (χ1v) is 5.79. The Balaban J connectivity index is -0.000000102. The van der Waals surface area contributed by atoms with Crippen molar-refractivity contribution in [2.45, 2.75) is 48.0 Å². The number of hydrogen-bond donors (Lipinski definition) is 0. The lowest BCUT2D eigenvalue weighted by Gasteiger charge is -1.87. The fourth-order valence-corrected chi connectivity index (χ4v) is 0.553. The van der Waals surface area contributed by atoms with Crippen molar-refractivity contribution in [3.63, 3.8) is 0 Å². The summed E-state index contributed by atoms with van der Waals surface area (Å²) in [7, 11) is -3.67. The minimum atomic E-state index is -3.67. The Bertz CT molecular complexity index is 315. The number of ketones is 3. The maximum atomic E-state index is 10.0. The molecule has 0 aliphatic rings. The van der Waals surface area contributed by atoms with Crippen molar-refractivity contribution in [1.29, 1.82) is 0 Å². The van der Waals surface area contributed by atoms with Crippen molar-refractivity contribution in [2.24, 2.45) is 0 Å². The highest BCUT2D eigenvalue weighted by Crippen LogP contribution is 1.80. The molecule has 0 N–H and O–H groups in total. The molecule has 0 aromatic heterocycles. The van der Waals surface area contributed by atoms with Crippen LogP contribution in [0.1, 0.15) is 48.0 Å². The monoisotopic (exact) mass is 328 g/mol. The summed E-state index contributed by atoms with van der Waals surface area (Å²) < 4.78 is 33.0. The highest BCUT2D eigenvalue weighted by Gasteiger charge is 2.06. The van der Waals surface area contributed by atoms with Gasteiger partial charge in [-0.3, -0.25) is 32.1 Å². The van der Waals surface area contributed by atoms with E-state index in [1.165, 1.54) is 41.5 Å². The molecular weight excluding hydrogens is 308 g/mol. The van der Waals surface area contributed by atoms with E-state index in [9.17, 15) is 36.9 Å². The molecule has 0 amide bonds. The topological polar surface area (TPSA) is 94.6 Å². The maximum Gasteiger partial charge on any atom is 0.762 e. The lowest BCUT2D eigenvalue weighted by molar-refractivity contribution is -0.156. The van der Waals surface area contributed by atoms with Gasteiger partial charge in [-0.15, -0.1) is 0 Å². The molecule has 0 atom stereocenters. The number of rotatable bonds is 2. The first-order valence-electron chi connectivity index (χ1n) is 5.79. The summed E-state index contributed by atoms with van der Waals surface area (Å²) in [5.74, 6) is -1.08. The van der Waals surface area contributed by atoms with Gasteiger partial charge in [0, 0.05) is 13.8 Å². The molecule has 0 fully saturated rings. The average Bonchev–Trinajstić information content (AvgIpc) is 2.10. The molecule has 22 heavy (non-hydrogen) atoms. The average molecular weight is 328 g/mol. The van der Waals surface area contributed by atoms with Gasteiger partial charge in [0.15, 0.2) is 0 Å². The van der Waals surface area contributed by atoms with Crippen LogP contribution in [0.25, 0.3) is 0 Å². The van der Waals surface area contributed by atoms with E-state index < -0.39 is 19.5 Å². The van der Waals surface area contributed by atoms with Gasteiger partial charge in [-0.1, -0.05) is 0 Å². The van der Waals surface area contributed by atoms with E-state index in [1.54, 1.807) is 0 Å². The summed E-state index contributed by atoms with van der Waals surface area (Å²) >= 11 is 0. The van der Waals surface area contributed by atoms with Gasteiger partial charge in [0.25, 0.3) is 0 Å². The zero-order chi connectivity index (χ0) is 18.9. The molecule has 0 saturated carbocycles. The van der Waals surface area contributed by atoms with Crippen molar-refractivity contribution in [3.8, 4) is 0 Å². The second-order valence-corrected chi connectivity index (χ2v) is 3.82. The van der Waals surface area contributed by atoms with Crippen LogP contribution in [0.2, 0.25) is 0 Å². The second-order valence-electron chi connectivity index (χ2n) is 3.82. The number of carbonyl (C=O) groups excluding carboxylic acids is 5. The summed E-state index contributed by atoms with van der Waals surface area (Å²) in [6, 6.07) is 0. The third kappa shape index (κ3) is 144. The van der Waals surface area contributed by atoms with Crippen molar-refractivity contribution >= 4 is 36.8 Å². The van der Waals surface area contributed by atoms with Crippen molar-refractivity contribution in [3.05, 3.63) is 0 Å². The first kappa shape index (κ1) is 28.2. The minimum absolute atomic E-state index is 0.0625. The van der Waals surface area contributed by atoms with E-state index in [0.717, 1.165) is 0 Å². The van der Waals surface area contributed by atoms with Crippen LogP contribution in [0.4, 0.5) is 12.9 Å². The van der Waals surface area contributed by atoms with E-state index in [1.807, 2.05) is 0 Å². The van der Waals surface area contributed by atoms with Crippen LogP contribution in [-0.2, 0) is 28.7 Å². The Kier molecular flexibility index (Phi) is 24.4. The molecule has 0 aliphatic heterocycles. The van der Waals surface area contributed by atoms with Crippen molar-refractivity contribution in [1.82, 2.24) is 0 Å². The van der Waals surface area contributed by atoms with Crippen molar-refractivity contribution < 1.29 is 41.7 Å². The Morgan fingerprint density at radius 1 is 0.727 bits per heavy atom. The molecule has 128 valence electrons. The first-order chi connectivity index (χ1) is 9.72. The number of Topliss-reactive ketones (excluding diaryl/α,β-unsaturated/α-hetero) is 3. The summed E-state index contributed by atoms with van der Waals surface area (Å²) in [6.07, 6.45) is 0.0833. The predicted molar refractivity (Wildman–Crippen MR) is 73.9 cm³/mol. The van der Waals surface area contributed by atoms with Crippen LogP contribution in [0.3, 0.4) is 0 Å². The van der Waals surface area contributed by atoms with Gasteiger partial charge in [-0.2, -0.15) is 0 Å². The zero-order valence-electron chi connectivity index (χ0n) is 13.4. The summed E-state index contributed by atoms with van der Waals surface area (Å²) in [4.78, 5) is 49.1. The van der Waals surface area contributed by atoms with E-state index >= 15 is 0 Å². The Labute approximate surface area is 127 Å². The molecule has 0 heterocycles. The maximum absolute atomic E-state index is 10.0. The quantitative estimate of drug-likeness (QED) is 0.438. The van der Waals surface area contributed by atoms with E-state index in [-0.39, 0.29) is 23.8 Å². The summed E-state index contributed by atoms with van der Waals surface area (Å²) in [5.41, 5.74) is 0. The third-order valence-corrected chi connectivity index (χ3v) is 0.785. The molecule has 0 aromatic rings. The molecule has 0 unspecified atom stereocenters. The van der Waals surface area contributed by atoms with Gasteiger partial charge in [0.05, 0.1) is 6.42 Å².